The molecule has 1 aromatic carbocycles. The van der Waals surface area contributed by atoms with Gasteiger partial charge in [-0.15, -0.1) is 5.10 Å². The zero-order chi connectivity index (χ0) is 80.9. The van der Waals surface area contributed by atoms with Crippen LogP contribution in [0.3, 0.4) is 0 Å². The molecule has 34 nitrogen and oxygen atoms in total. The number of aliphatic hydroxyl groups excluding tert-OH is 2. The number of methoxy groups -OCH3 is 1. The molecule has 9 aliphatic rings. The van der Waals surface area contributed by atoms with E-state index < -0.39 is 88.5 Å². The number of carbonyl (C=O) groups excluding carboxylic acids is 5. The highest BCUT2D eigenvalue weighted by atomic mass is 32.2. The molecule has 1 spiro atoms. The molecule has 115 heavy (non-hydrogen) atoms. The van der Waals surface area contributed by atoms with Gasteiger partial charge in [0.25, 0.3) is 21.8 Å². The molecular formula is C80H111N9O25S. The molecule has 632 valence electrons. The Balaban J connectivity index is 0.543. The summed E-state index contributed by atoms with van der Waals surface area (Å²) in [5.74, 6) is -2.48. The summed E-state index contributed by atoms with van der Waals surface area (Å²) in [6.07, 6.45) is 4.69. The molecule has 12 rings (SSSR count). The molecule has 18 atom stereocenters. The second kappa shape index (κ2) is 42.5. The van der Waals surface area contributed by atoms with Crippen LogP contribution in [0.5, 0.6) is 0 Å². The number of Topliss-reactive ketones (excluding diaryl/α,β-unsaturated/α-hetero) is 1. The Kier molecular flexibility index (Phi) is 32.2. The van der Waals surface area contributed by atoms with Crippen molar-refractivity contribution in [3.8, 4) is 6.07 Å². The maximum Gasteiger partial charge on any atom is 0.407 e. The number of benzene rings is 1. The van der Waals surface area contributed by atoms with Crippen molar-refractivity contribution in [2.45, 2.75) is 225 Å². The molecule has 0 radical (unpaired) electrons. The molecule has 10 bridgehead atoms. The Labute approximate surface area is 670 Å². The van der Waals surface area contributed by atoms with Crippen LogP contribution < -0.4 is 14.9 Å². The third-order valence-corrected chi connectivity index (χ3v) is 24.2. The van der Waals surface area contributed by atoms with Crippen LogP contribution >= 0.6 is 0 Å². The van der Waals surface area contributed by atoms with Crippen LogP contribution in [-0.4, -0.2) is 290 Å². The van der Waals surface area contributed by atoms with E-state index in [9.17, 15) is 47.9 Å². The molecule has 35 heteroatoms. The number of anilines is 1. The summed E-state index contributed by atoms with van der Waals surface area (Å²) in [7, 11) is -2.71. The number of sulfonamides is 1. The largest absolute Gasteiger partial charge is 0.445 e. The summed E-state index contributed by atoms with van der Waals surface area (Å²) in [6, 6.07) is 10.9. The predicted octanol–water partition coefficient (Wildman–Crippen LogP) is 4.19. The summed E-state index contributed by atoms with van der Waals surface area (Å²) in [5, 5.41) is 45.6. The van der Waals surface area contributed by atoms with Gasteiger partial charge in [0.1, 0.15) is 36.4 Å². The van der Waals surface area contributed by atoms with Crippen molar-refractivity contribution in [1.29, 1.82) is 5.26 Å². The Morgan fingerprint density at radius 1 is 0.722 bits per heavy atom. The highest BCUT2D eigenvalue weighted by Crippen LogP contribution is 2.50. The van der Waals surface area contributed by atoms with Gasteiger partial charge in [-0.05, 0) is 91.8 Å². The Bertz CT molecular complexity index is 3890. The number of hydrogen-bond donors (Lipinski definition) is 4. The van der Waals surface area contributed by atoms with Gasteiger partial charge in [-0.1, -0.05) is 37.4 Å². The molecule has 2 aromatic heterocycles. The van der Waals surface area contributed by atoms with Crippen molar-refractivity contribution in [2.24, 2.45) is 11.8 Å². The molecule has 0 unspecified atom stereocenters. The molecule has 11 heterocycles. The van der Waals surface area contributed by atoms with Crippen molar-refractivity contribution >= 4 is 45.3 Å². The van der Waals surface area contributed by atoms with Crippen LogP contribution in [0.1, 0.15) is 120 Å². The fourth-order valence-corrected chi connectivity index (χ4v) is 17.9. The number of ketones is 1. The second-order valence-electron chi connectivity index (χ2n) is 30.7. The minimum absolute atomic E-state index is 0.0166. The van der Waals surface area contributed by atoms with Gasteiger partial charge < -0.3 is 96.6 Å². The van der Waals surface area contributed by atoms with Crippen LogP contribution in [0.25, 0.3) is 0 Å². The quantitative estimate of drug-likeness (QED) is 0.0353. The molecular weight excluding hydrogens is 1520 g/mol. The van der Waals surface area contributed by atoms with E-state index in [1.807, 2.05) is 6.07 Å². The smallest absolute Gasteiger partial charge is 0.407 e. The minimum Gasteiger partial charge on any atom is -0.445 e. The molecule has 9 aliphatic heterocycles. The summed E-state index contributed by atoms with van der Waals surface area (Å²) >= 11 is 0. The number of carbonyl (C=O) groups is 5. The minimum atomic E-state index is -4.29. The number of amides is 4. The lowest BCUT2D eigenvalue weighted by Gasteiger charge is -2.47. The number of aliphatic hydroxyl groups is 2. The summed E-state index contributed by atoms with van der Waals surface area (Å²) in [6.45, 7) is 15.2. The van der Waals surface area contributed by atoms with Gasteiger partial charge in [0.2, 0.25) is 5.91 Å². The number of aromatic nitrogens is 4. The zero-order valence-corrected chi connectivity index (χ0v) is 66.4. The number of imide groups is 1. The molecule has 8 fully saturated rings. The number of nitriles is 1. The summed E-state index contributed by atoms with van der Waals surface area (Å²) < 4.78 is 130. The van der Waals surface area contributed by atoms with E-state index in [0.29, 0.717) is 122 Å². The van der Waals surface area contributed by atoms with Gasteiger partial charge in [-0.3, -0.25) is 28.4 Å². The van der Waals surface area contributed by atoms with Crippen LogP contribution in [-0.2, 0) is 125 Å². The lowest BCUT2D eigenvalue weighted by atomic mass is 9.81. The standard InChI is InChI=1S/C80H111N9O25S/c1-51-37-60-10-12-65-52(2)38-62(108-65)17-19-80-44-64(92)77(114-80)70-43-71(113-80)78-66(111-70)13-11-61(110-78)39-58(90)40-63-68(42-67(109-60)53(51)3)112-69(76(63)99-4)41-59(91)47-84-79(96)107-49-54-5-8-57(9-6-54)89(115(97,98)73-14-7-55(45-81)46-83-73)23-26-102-29-32-104-31-28-101-25-22-87-48-56(85-86-87)50-106-36-35-105-34-33-103-30-27-100-24-20-82-72(93)18-21-88-74(94)15-16-75(88)95/h5-9,14-16,46,48,51,59-71,76-78,91-92H,2-3,10-13,17-44,47,49-50H2,1,4H3,(H,82,93)(H,84,96)/t51-,59+,60+,61-,62+,63+,64-,65+,66+,67-,68+,69-,70-,71-,76-,77+,78+,80-/m1/s1. The summed E-state index contributed by atoms with van der Waals surface area (Å²) in [5.41, 5.74) is 3.61. The number of hydrogen-bond acceptors (Lipinski definition) is 29. The van der Waals surface area contributed by atoms with Crippen molar-refractivity contribution in [3.63, 3.8) is 0 Å². The highest BCUT2D eigenvalue weighted by Gasteiger charge is 2.60. The van der Waals surface area contributed by atoms with E-state index in [-0.39, 0.29) is 175 Å². The molecule has 8 saturated heterocycles. The van der Waals surface area contributed by atoms with Gasteiger partial charge >= 0.3 is 6.09 Å². The fourth-order valence-electron chi connectivity index (χ4n) is 16.5. The molecule has 3 aromatic rings. The van der Waals surface area contributed by atoms with Crippen molar-refractivity contribution in [1.82, 2.24) is 35.5 Å². The van der Waals surface area contributed by atoms with Crippen LogP contribution in [0.2, 0.25) is 0 Å². The first-order valence-corrected chi connectivity index (χ1v) is 41.7. The van der Waals surface area contributed by atoms with E-state index in [2.05, 4.69) is 46.0 Å². The van der Waals surface area contributed by atoms with Crippen molar-refractivity contribution < 1.29 is 118 Å². The topological polar surface area (TPSA) is 406 Å². The van der Waals surface area contributed by atoms with Gasteiger partial charge in [-0.25, -0.2) is 14.5 Å². The Morgan fingerprint density at radius 2 is 1.42 bits per heavy atom. The monoisotopic (exact) mass is 1630 g/mol. The van der Waals surface area contributed by atoms with Gasteiger partial charge in [-0.2, -0.15) is 13.7 Å². The lowest BCUT2D eigenvalue weighted by molar-refractivity contribution is -0.277. The first-order valence-electron chi connectivity index (χ1n) is 40.2. The third kappa shape index (κ3) is 24.3. The number of rotatable bonds is 39. The van der Waals surface area contributed by atoms with Crippen LogP contribution in [0.4, 0.5) is 10.5 Å². The SMILES string of the molecule is C=C1C[C@@H]2CC[C@]34C[C@@H](O)[C@H](O3)[C@H]3C[C@@H](O4)[C@H]4O[C@H](CC[C@@H]4O3)CC(=O)C[C@@H]3[C@@H](OC)[C@@H](C[C@H](O)CNC(=O)OCc4ccc(N(CCOCCOCCOCCn5cc(COCCOCCOCCOCCNC(=O)CCN6C(=O)C=CC6=O)nn5)S(=O)(=O)c5ccc(C#N)cn5)cc4)O[C@H]3C[C@H]3O[C@@H](CC[C@@H]1O2)C[C@@H](C)C3=C. The van der Waals surface area contributed by atoms with E-state index >= 15 is 0 Å². The first kappa shape index (κ1) is 87.2. The average molecular weight is 1630 g/mol. The van der Waals surface area contributed by atoms with Crippen LogP contribution in [0, 0.1) is 23.2 Å². The Morgan fingerprint density at radius 3 is 2.14 bits per heavy atom. The average Bonchev–Trinajstić information content (AvgIpc) is 1.59. The number of fused-ring (bicyclic) bond motifs is 9. The predicted molar refractivity (Wildman–Crippen MR) is 405 cm³/mol. The van der Waals surface area contributed by atoms with Gasteiger partial charge in [0.15, 0.2) is 10.8 Å². The fraction of sp³-hybridized carbons (Fsp3) is 0.688. The van der Waals surface area contributed by atoms with Gasteiger partial charge in [0, 0.05) is 102 Å². The molecule has 0 saturated carbocycles. The number of nitrogens with zero attached hydrogens (tertiary/aromatic N) is 7. The first-order chi connectivity index (χ1) is 55.7. The number of pyridine rings is 1. The van der Waals surface area contributed by atoms with Crippen LogP contribution in [0.15, 0.2) is 90.3 Å². The maximum absolute atomic E-state index is 14.5. The number of nitrogens with one attached hydrogen (secondary N) is 2. The Hall–Kier alpha value is -7.16. The number of ether oxygens (including phenoxy) is 16. The molecule has 4 amide bonds. The van der Waals surface area contributed by atoms with E-state index in [4.69, 9.17) is 75.8 Å². The normalized spacial score (nSPS) is 29.7. The highest BCUT2D eigenvalue weighted by molar-refractivity contribution is 7.92. The summed E-state index contributed by atoms with van der Waals surface area (Å²) in [4.78, 5) is 68.0. The van der Waals surface area contributed by atoms with E-state index in [0.717, 1.165) is 39.6 Å². The van der Waals surface area contributed by atoms with E-state index in [1.54, 1.807) is 42.3 Å². The number of alkyl carbamates (subject to hydrolysis) is 1. The molecule has 0 aliphatic carbocycles. The van der Waals surface area contributed by atoms with Crippen molar-refractivity contribution in [2.75, 3.05) is 123 Å². The van der Waals surface area contributed by atoms with Gasteiger partial charge in [0.05, 0.1) is 202 Å². The maximum atomic E-state index is 14.5. The van der Waals surface area contributed by atoms with Crippen molar-refractivity contribution in [3.05, 3.63) is 102 Å². The zero-order valence-electron chi connectivity index (χ0n) is 65.6. The molecule has 4 N–H and O–H groups in total. The third-order valence-electron chi connectivity index (χ3n) is 22.5. The second-order valence-corrected chi connectivity index (χ2v) is 32.5. The van der Waals surface area contributed by atoms with E-state index in [1.165, 1.54) is 30.5 Å². The lowest BCUT2D eigenvalue weighted by Crippen LogP contribution is -2.58.